The summed E-state index contributed by atoms with van der Waals surface area (Å²) in [6.45, 7) is 2.00. The molecule has 15 heavy (non-hydrogen) atoms. The molecule has 0 aliphatic rings. The number of carboxylic acids is 1. The standard InChI is InChI=1S/C11H9NO2S/c1-7-9(3-5-15-7)10-6-8(11(13)14)2-4-12-10/h2-6H,1H3,(H,13,14). The van der Waals surface area contributed by atoms with Gasteiger partial charge in [0.25, 0.3) is 0 Å². The summed E-state index contributed by atoms with van der Waals surface area (Å²) in [6, 6.07) is 5.04. The third kappa shape index (κ3) is 1.89. The maximum absolute atomic E-state index is 10.8. The number of aromatic nitrogens is 1. The van der Waals surface area contributed by atoms with Gasteiger partial charge in [0.2, 0.25) is 0 Å². The summed E-state index contributed by atoms with van der Waals surface area (Å²) in [5.41, 5.74) is 1.99. The van der Waals surface area contributed by atoms with Crippen LogP contribution in [0, 0.1) is 6.92 Å². The van der Waals surface area contributed by atoms with E-state index in [1.165, 1.54) is 12.3 Å². The number of aryl methyl sites for hydroxylation is 1. The molecule has 2 heterocycles. The van der Waals surface area contributed by atoms with E-state index in [1.807, 2.05) is 18.4 Å². The Morgan fingerprint density at radius 2 is 2.27 bits per heavy atom. The predicted octanol–water partition coefficient (Wildman–Crippen LogP) is 2.82. The SMILES string of the molecule is Cc1sccc1-c1cc(C(=O)O)ccn1. The minimum atomic E-state index is -0.925. The molecule has 0 aliphatic heterocycles. The van der Waals surface area contributed by atoms with Gasteiger partial charge in [-0.25, -0.2) is 4.79 Å². The molecule has 1 N–H and O–H groups in total. The molecule has 0 spiro atoms. The van der Waals surface area contributed by atoms with Crippen LogP contribution in [0.15, 0.2) is 29.8 Å². The fourth-order valence-corrected chi connectivity index (χ4v) is 2.07. The number of hydrogen-bond donors (Lipinski definition) is 1. The van der Waals surface area contributed by atoms with Crippen LogP contribution < -0.4 is 0 Å². The van der Waals surface area contributed by atoms with Crippen molar-refractivity contribution in [1.82, 2.24) is 4.98 Å². The maximum Gasteiger partial charge on any atom is 0.335 e. The Hall–Kier alpha value is -1.68. The number of nitrogens with zero attached hydrogens (tertiary/aromatic N) is 1. The van der Waals surface area contributed by atoms with Crippen molar-refractivity contribution in [2.24, 2.45) is 0 Å². The van der Waals surface area contributed by atoms with Crippen LogP contribution in [0.2, 0.25) is 0 Å². The van der Waals surface area contributed by atoms with Crippen LogP contribution >= 0.6 is 11.3 Å². The van der Waals surface area contributed by atoms with E-state index in [1.54, 1.807) is 17.4 Å². The van der Waals surface area contributed by atoms with Gasteiger partial charge in [-0.1, -0.05) is 0 Å². The number of rotatable bonds is 2. The van der Waals surface area contributed by atoms with E-state index in [-0.39, 0.29) is 5.56 Å². The molecule has 0 unspecified atom stereocenters. The summed E-state index contributed by atoms with van der Waals surface area (Å²) < 4.78 is 0. The van der Waals surface area contributed by atoms with Crippen molar-refractivity contribution in [2.75, 3.05) is 0 Å². The number of carbonyl (C=O) groups is 1. The largest absolute Gasteiger partial charge is 0.478 e. The van der Waals surface area contributed by atoms with Crippen LogP contribution in [0.1, 0.15) is 15.2 Å². The zero-order chi connectivity index (χ0) is 10.8. The molecule has 0 saturated carbocycles. The molecule has 0 amide bonds. The van der Waals surface area contributed by atoms with Crippen molar-refractivity contribution in [3.63, 3.8) is 0 Å². The van der Waals surface area contributed by atoms with E-state index in [9.17, 15) is 4.79 Å². The van der Waals surface area contributed by atoms with Gasteiger partial charge in [0.15, 0.2) is 0 Å². The van der Waals surface area contributed by atoms with Crippen molar-refractivity contribution in [3.05, 3.63) is 40.2 Å². The Morgan fingerprint density at radius 3 is 2.87 bits per heavy atom. The molecule has 0 bridgehead atoms. The van der Waals surface area contributed by atoms with Crippen LogP contribution in [0.25, 0.3) is 11.3 Å². The number of aromatic carboxylic acids is 1. The molecule has 0 fully saturated rings. The molecule has 0 aromatic carbocycles. The first-order valence-corrected chi connectivity index (χ1v) is 5.30. The molecule has 0 radical (unpaired) electrons. The van der Waals surface area contributed by atoms with Gasteiger partial charge in [0.1, 0.15) is 0 Å². The first-order chi connectivity index (χ1) is 7.18. The number of hydrogen-bond acceptors (Lipinski definition) is 3. The summed E-state index contributed by atoms with van der Waals surface area (Å²) in [5, 5.41) is 10.8. The highest BCUT2D eigenvalue weighted by molar-refractivity contribution is 7.10. The average molecular weight is 219 g/mol. The van der Waals surface area contributed by atoms with Gasteiger partial charge in [-0.3, -0.25) is 4.98 Å². The van der Waals surface area contributed by atoms with Crippen LogP contribution in [0.3, 0.4) is 0 Å². The highest BCUT2D eigenvalue weighted by Crippen LogP contribution is 2.26. The summed E-state index contributed by atoms with van der Waals surface area (Å²) in [4.78, 5) is 16.1. The topological polar surface area (TPSA) is 50.2 Å². The summed E-state index contributed by atoms with van der Waals surface area (Å²) in [5.74, 6) is -0.925. The molecule has 0 aliphatic carbocycles. The van der Waals surface area contributed by atoms with Gasteiger partial charge in [-0.2, -0.15) is 0 Å². The van der Waals surface area contributed by atoms with E-state index in [0.29, 0.717) is 5.69 Å². The molecular weight excluding hydrogens is 210 g/mol. The molecule has 3 nitrogen and oxygen atoms in total. The second-order valence-corrected chi connectivity index (χ2v) is 4.25. The minimum absolute atomic E-state index is 0.269. The van der Waals surface area contributed by atoms with E-state index < -0.39 is 5.97 Å². The summed E-state index contributed by atoms with van der Waals surface area (Å²) >= 11 is 1.63. The second-order valence-electron chi connectivity index (χ2n) is 3.13. The number of carboxylic acid groups (broad SMARTS) is 1. The van der Waals surface area contributed by atoms with Crippen molar-refractivity contribution in [1.29, 1.82) is 0 Å². The quantitative estimate of drug-likeness (QED) is 0.844. The lowest BCUT2D eigenvalue weighted by Gasteiger charge is -2.00. The third-order valence-electron chi connectivity index (χ3n) is 2.14. The third-order valence-corrected chi connectivity index (χ3v) is 2.99. The monoisotopic (exact) mass is 219 g/mol. The van der Waals surface area contributed by atoms with E-state index in [4.69, 9.17) is 5.11 Å². The molecule has 0 saturated heterocycles. The predicted molar refractivity (Wildman–Crippen MR) is 59.2 cm³/mol. The first kappa shape index (κ1) is 9.86. The molecule has 2 rings (SSSR count). The van der Waals surface area contributed by atoms with E-state index in [2.05, 4.69) is 4.98 Å². The molecule has 4 heteroatoms. The molecular formula is C11H9NO2S. The molecule has 2 aromatic rings. The van der Waals surface area contributed by atoms with Crippen LogP contribution in [-0.2, 0) is 0 Å². The number of thiophene rings is 1. The lowest BCUT2D eigenvalue weighted by molar-refractivity contribution is 0.0697. The Labute approximate surface area is 91.0 Å². The van der Waals surface area contributed by atoms with E-state index >= 15 is 0 Å². The lowest BCUT2D eigenvalue weighted by Crippen LogP contribution is -1.97. The van der Waals surface area contributed by atoms with Crippen molar-refractivity contribution in [3.8, 4) is 11.3 Å². The van der Waals surface area contributed by atoms with Crippen LogP contribution in [0.5, 0.6) is 0 Å². The van der Waals surface area contributed by atoms with Gasteiger partial charge in [0, 0.05) is 16.6 Å². The Kier molecular flexibility index (Phi) is 2.51. The van der Waals surface area contributed by atoms with Gasteiger partial charge in [-0.05, 0) is 30.5 Å². The minimum Gasteiger partial charge on any atom is -0.478 e. The fraction of sp³-hybridized carbons (Fsp3) is 0.0909. The normalized spacial score (nSPS) is 10.2. The highest BCUT2D eigenvalue weighted by Gasteiger charge is 2.08. The fourth-order valence-electron chi connectivity index (χ4n) is 1.36. The summed E-state index contributed by atoms with van der Waals surface area (Å²) in [6.07, 6.45) is 1.52. The zero-order valence-electron chi connectivity index (χ0n) is 8.10. The molecule has 0 atom stereocenters. The van der Waals surface area contributed by atoms with Crippen molar-refractivity contribution in [2.45, 2.75) is 6.92 Å². The van der Waals surface area contributed by atoms with Crippen molar-refractivity contribution < 1.29 is 9.90 Å². The lowest BCUT2D eigenvalue weighted by atomic mass is 10.1. The smallest absolute Gasteiger partial charge is 0.335 e. The Balaban J connectivity index is 2.50. The van der Waals surface area contributed by atoms with E-state index in [0.717, 1.165) is 10.4 Å². The Bertz CT molecular complexity index is 505. The van der Waals surface area contributed by atoms with Crippen molar-refractivity contribution >= 4 is 17.3 Å². The molecule has 2 aromatic heterocycles. The average Bonchev–Trinajstić information content (AvgIpc) is 2.64. The maximum atomic E-state index is 10.8. The Morgan fingerprint density at radius 1 is 1.47 bits per heavy atom. The van der Waals surface area contributed by atoms with Crippen LogP contribution in [0.4, 0.5) is 0 Å². The van der Waals surface area contributed by atoms with Gasteiger partial charge in [-0.15, -0.1) is 11.3 Å². The highest BCUT2D eigenvalue weighted by atomic mass is 32.1. The second kappa shape index (κ2) is 3.82. The zero-order valence-corrected chi connectivity index (χ0v) is 8.91. The van der Waals surface area contributed by atoms with Crippen LogP contribution in [-0.4, -0.2) is 16.1 Å². The van der Waals surface area contributed by atoms with Gasteiger partial charge >= 0.3 is 5.97 Å². The van der Waals surface area contributed by atoms with Gasteiger partial charge < -0.3 is 5.11 Å². The number of pyridine rings is 1. The summed E-state index contributed by atoms with van der Waals surface area (Å²) in [7, 11) is 0. The molecule has 76 valence electrons. The first-order valence-electron chi connectivity index (χ1n) is 4.42. The van der Waals surface area contributed by atoms with Gasteiger partial charge in [0.05, 0.1) is 11.3 Å².